The van der Waals surface area contributed by atoms with Crippen LogP contribution in [-0.4, -0.2) is 256 Å². The molecule has 1 saturated heterocycles. The fourth-order valence-corrected chi connectivity index (χ4v) is 14.9. The molecule has 1 unspecified atom stereocenters. The molecule has 0 bridgehead atoms. The van der Waals surface area contributed by atoms with Crippen LogP contribution in [0.5, 0.6) is 5.75 Å². The van der Waals surface area contributed by atoms with Crippen molar-refractivity contribution in [2.45, 2.75) is 218 Å². The number of esters is 1. The molecular weight excluding hydrogens is 1640 g/mol. The van der Waals surface area contributed by atoms with Gasteiger partial charge < -0.3 is 103 Å². The number of urea groups is 2. The number of carboxylic acid groups (broad SMARTS) is 6. The molecule has 44 heteroatoms. The summed E-state index contributed by atoms with van der Waals surface area (Å²) in [5, 5.41) is 102. The van der Waals surface area contributed by atoms with Crippen molar-refractivity contribution in [3.63, 3.8) is 0 Å². The fraction of sp³-hybridized carbons (Fsp3) is 0.579. The average molecular weight is 1750 g/mol. The van der Waals surface area contributed by atoms with E-state index in [4.69, 9.17) is 14.6 Å². The Balaban J connectivity index is 1.26. The molecule has 664 valence electrons. The van der Waals surface area contributed by atoms with E-state index >= 15 is 0 Å². The number of aromatic hydroxyl groups is 1. The van der Waals surface area contributed by atoms with Crippen molar-refractivity contribution in [2.75, 3.05) is 45.0 Å². The average Bonchev–Trinajstić information content (AvgIpc) is 0.977. The van der Waals surface area contributed by atoms with E-state index < -0.39 is 201 Å². The van der Waals surface area contributed by atoms with Gasteiger partial charge in [-0.25, -0.2) is 39.2 Å². The second-order valence-corrected chi connectivity index (χ2v) is 32.5. The Morgan fingerprint density at radius 2 is 1.24 bits per heavy atom. The molecule has 120 heavy (non-hydrogen) atoms. The molecule has 1 aliphatic heterocycles. The van der Waals surface area contributed by atoms with Gasteiger partial charge in [0, 0.05) is 67.2 Å². The maximum absolute atomic E-state index is 14.8. The molecule has 1 fully saturated rings. The van der Waals surface area contributed by atoms with E-state index in [2.05, 4.69) is 58.4 Å². The Kier molecular flexibility index (Phi) is 44.5. The quantitative estimate of drug-likeness (QED) is 0.0127. The van der Waals surface area contributed by atoms with Crippen molar-refractivity contribution in [2.24, 2.45) is 17.8 Å². The summed E-state index contributed by atoms with van der Waals surface area (Å²) < 4.78 is 10.8. The number of thiazole rings is 1. The molecule has 4 rings (SSSR count). The zero-order valence-corrected chi connectivity index (χ0v) is 70.0. The number of carbonyl (C=O) groups excluding carboxylic acids is 11. The van der Waals surface area contributed by atoms with Gasteiger partial charge in [0.1, 0.15) is 65.4 Å². The number of aliphatic hydroxyl groups is 1. The number of benzene rings is 2. The standard InChI is InChI=1S/C76H110N14O27S3/c1-8-14-62(100)117-40-90(70(106)63(42(5)9-2)86-68(105)55-16-11-13-28-89(55)7)56(41(3)4)36-57(92)69-83-53(38-118-69)67(104)79-47(32-44-21-23-48(91)24-22-44)31-43(6)64(101)87-88-76(115)116-29-30-119-120-39-54(73(111)112)82-66(103)52(35-61(98)99)81-65(102)51(34-60(96)97)80-58(93)33-45-17-19-46(20-18-45)37-78-74(113)77-27-12-10-15-49(71(107)108)84-75(114)85-50(72(109)110)25-26-59(94)95/h17-24,38,41-43,47,49-52,54-57,63,91-92H,8-16,25-37,39-40H2,1-7H3,(H,79,104)(H,80,93)(H,81,102)(H,82,103)(H,86,105)(H,87,101)(H,88,115)(H,94,95)(H,96,97)(H,98,99)(H,107,108)(H,109,110)(H,111,112)(H2,77,78,113)(H2,84,85,114)/t42?,43-,47+,49+,50+,51-,52-,54-,55+,56+,57+,63-/m0/s1. The van der Waals surface area contributed by atoms with Crippen molar-refractivity contribution >= 4 is 134 Å². The molecule has 12 atom stereocenters. The number of likely N-dealkylation sites (N-methyl/N-ethyl adjacent to an activating group) is 1. The number of nitrogens with one attached hydrogen (secondary N) is 11. The number of ether oxygens (including phenoxy) is 2. The van der Waals surface area contributed by atoms with Crippen LogP contribution in [0.3, 0.4) is 0 Å². The second kappa shape index (κ2) is 52.7. The Hall–Kier alpha value is -11.1. The Labute approximate surface area is 703 Å². The lowest BCUT2D eigenvalue weighted by Crippen LogP contribution is -2.59. The Morgan fingerprint density at radius 3 is 1.83 bits per heavy atom. The molecule has 2 heterocycles. The highest BCUT2D eigenvalue weighted by Gasteiger charge is 2.40. The van der Waals surface area contributed by atoms with E-state index in [1.54, 1.807) is 19.1 Å². The zero-order valence-electron chi connectivity index (χ0n) is 67.6. The van der Waals surface area contributed by atoms with Crippen molar-refractivity contribution in [1.29, 1.82) is 0 Å². The summed E-state index contributed by atoms with van der Waals surface area (Å²) in [4.78, 5) is 224. The number of amides is 12. The number of piperidine rings is 1. The molecule has 0 saturated carbocycles. The van der Waals surface area contributed by atoms with Crippen LogP contribution in [0.15, 0.2) is 53.9 Å². The molecule has 3 aromatic rings. The first-order chi connectivity index (χ1) is 56.8. The number of phenols is 1. The lowest BCUT2D eigenvalue weighted by Gasteiger charge is -2.39. The molecule has 41 nitrogen and oxygen atoms in total. The highest BCUT2D eigenvalue weighted by atomic mass is 33.1. The fourth-order valence-electron chi connectivity index (χ4n) is 12.2. The number of aliphatic carboxylic acids is 6. The first-order valence-electron chi connectivity index (χ1n) is 38.9. The molecular formula is C76H110N14O27S3. The van der Waals surface area contributed by atoms with Crippen molar-refractivity contribution in [3.8, 4) is 5.75 Å². The van der Waals surface area contributed by atoms with Gasteiger partial charge in [0.15, 0.2) is 6.73 Å². The number of rotatable bonds is 53. The highest BCUT2D eigenvalue weighted by molar-refractivity contribution is 8.76. The van der Waals surface area contributed by atoms with Gasteiger partial charge in [0.05, 0.1) is 25.3 Å². The number of nitrogens with zero attached hydrogens (tertiary/aromatic N) is 3. The number of carbonyl (C=O) groups is 17. The monoisotopic (exact) mass is 1750 g/mol. The summed E-state index contributed by atoms with van der Waals surface area (Å²) >= 11 is 0.985. The minimum Gasteiger partial charge on any atom is -0.508 e. The Morgan fingerprint density at radius 1 is 0.633 bits per heavy atom. The van der Waals surface area contributed by atoms with Crippen LogP contribution in [0.1, 0.15) is 176 Å². The van der Waals surface area contributed by atoms with Gasteiger partial charge in [0.25, 0.3) is 5.91 Å². The molecule has 19 N–H and O–H groups in total. The molecule has 1 aromatic heterocycles. The highest BCUT2D eigenvalue weighted by Crippen LogP contribution is 2.30. The smallest absolute Gasteiger partial charge is 0.426 e. The van der Waals surface area contributed by atoms with Crippen LogP contribution in [0.25, 0.3) is 0 Å². The van der Waals surface area contributed by atoms with Crippen molar-refractivity contribution in [1.82, 2.24) is 73.5 Å². The van der Waals surface area contributed by atoms with E-state index in [1.807, 2.05) is 45.0 Å². The van der Waals surface area contributed by atoms with Crippen LogP contribution >= 0.6 is 32.9 Å². The number of aromatic nitrogens is 1. The molecule has 0 spiro atoms. The van der Waals surface area contributed by atoms with Gasteiger partial charge >= 0.3 is 59.9 Å². The van der Waals surface area contributed by atoms with Gasteiger partial charge in [-0.15, -0.1) is 11.3 Å². The first-order valence-corrected chi connectivity index (χ1v) is 42.2. The third-order valence-electron chi connectivity index (χ3n) is 19.0. The molecule has 0 radical (unpaired) electrons. The zero-order chi connectivity index (χ0) is 89.3. The second-order valence-electron chi connectivity index (χ2n) is 28.9. The summed E-state index contributed by atoms with van der Waals surface area (Å²) in [5.74, 6) is -17.3. The predicted molar refractivity (Wildman–Crippen MR) is 433 cm³/mol. The van der Waals surface area contributed by atoms with Crippen LogP contribution in [0, 0.1) is 17.8 Å². The summed E-state index contributed by atoms with van der Waals surface area (Å²) in [6.45, 7) is 10.8. The largest absolute Gasteiger partial charge is 0.508 e. The number of likely N-dealkylation sites (tertiary alicyclic amines) is 1. The number of carboxylic acids is 6. The van der Waals surface area contributed by atoms with Crippen LogP contribution in [-0.2, 0) is 91.2 Å². The van der Waals surface area contributed by atoms with E-state index in [-0.39, 0.29) is 110 Å². The number of aliphatic hydroxyl groups excluding tert-OH is 1. The lowest BCUT2D eigenvalue weighted by atomic mass is 9.92. The molecule has 2 aromatic carbocycles. The van der Waals surface area contributed by atoms with Crippen LogP contribution in [0.4, 0.5) is 14.4 Å². The minimum absolute atomic E-state index is 0.0111. The van der Waals surface area contributed by atoms with E-state index in [0.29, 0.717) is 36.0 Å². The molecule has 0 aliphatic carbocycles. The number of unbranched alkanes of at least 4 members (excludes halogenated alkanes) is 1. The van der Waals surface area contributed by atoms with E-state index in [9.17, 15) is 117 Å². The van der Waals surface area contributed by atoms with Crippen molar-refractivity contribution in [3.05, 3.63) is 81.3 Å². The summed E-state index contributed by atoms with van der Waals surface area (Å²) in [5.41, 5.74) is 5.85. The first kappa shape index (κ1) is 101. The maximum Gasteiger partial charge on any atom is 0.426 e. The summed E-state index contributed by atoms with van der Waals surface area (Å²) in [6.07, 6.45) is -2.19. The topological polar surface area (TPSA) is 622 Å². The number of hydrazine groups is 1. The van der Waals surface area contributed by atoms with Gasteiger partial charge in [-0.3, -0.25) is 63.1 Å². The van der Waals surface area contributed by atoms with Gasteiger partial charge in [-0.1, -0.05) is 112 Å². The minimum atomic E-state index is -2.00. The number of hydrogen-bond acceptors (Lipinski definition) is 26. The molecule has 1 aliphatic rings. The van der Waals surface area contributed by atoms with Gasteiger partial charge in [0.2, 0.25) is 35.4 Å². The normalized spacial score (nSPS) is 15.3. The van der Waals surface area contributed by atoms with E-state index in [1.165, 1.54) is 53.6 Å². The third kappa shape index (κ3) is 37.4. The summed E-state index contributed by atoms with van der Waals surface area (Å²) in [7, 11) is 3.71. The predicted octanol–water partition coefficient (Wildman–Crippen LogP) is 2.72. The van der Waals surface area contributed by atoms with Crippen LogP contribution in [0.2, 0.25) is 0 Å². The Bertz CT molecular complexity index is 3970. The van der Waals surface area contributed by atoms with E-state index in [0.717, 1.165) is 52.3 Å². The lowest BCUT2D eigenvalue weighted by molar-refractivity contribution is -0.159. The third-order valence-corrected chi connectivity index (χ3v) is 22.4. The van der Waals surface area contributed by atoms with Gasteiger partial charge in [-0.2, -0.15) is 0 Å². The molecule has 12 amide bonds. The maximum atomic E-state index is 14.8. The van der Waals surface area contributed by atoms with Gasteiger partial charge in [-0.05, 0) is 112 Å². The summed E-state index contributed by atoms with van der Waals surface area (Å²) in [6, 6.07) is -1.21. The number of hydrogen-bond donors (Lipinski definition) is 19. The van der Waals surface area contributed by atoms with Crippen LogP contribution < -0.4 is 58.7 Å². The number of phenolic OH excluding ortho intramolecular Hbond substituents is 1. The van der Waals surface area contributed by atoms with Crippen molar-refractivity contribution < 1.29 is 132 Å². The SMILES string of the molecule is CCCC(=O)OCN(C(=O)[C@@H](NC(=O)[C@H]1CCCCN1C)C(C)CC)[C@H](C[C@@H](O)c1nc(C(=O)N[C@@H](Cc2ccc(O)cc2)C[C@H](C)C(=O)NNC(=O)OCCSSC[C@H](NC(=O)[C@H](CC(=O)O)NC(=O)[C@H](CC(=O)O)NC(=O)Cc2ccc(CNC(=O)NCCCC[C@@H](NC(=O)N[C@H](CCC(=O)O)C(=O)O)C(=O)O)cc2)C(=O)O)cs1)C(C)C.